The van der Waals surface area contributed by atoms with Crippen LogP contribution in [0.2, 0.25) is 0 Å². The zero-order valence-corrected chi connectivity index (χ0v) is 17.3. The van der Waals surface area contributed by atoms with Crippen LogP contribution in [-0.4, -0.2) is 66.9 Å². The number of hydrogen-bond donors (Lipinski definition) is 1. The quantitative estimate of drug-likeness (QED) is 0.347. The predicted molar refractivity (Wildman–Crippen MR) is 91.5 cm³/mol. The fourth-order valence-electron chi connectivity index (χ4n) is 1.64. The molecule has 1 heterocycles. The zero-order chi connectivity index (χ0) is 17.5. The third-order valence-electron chi connectivity index (χ3n) is 2.60. The SMILES string of the molecule is COc1cc(NCCN(C[C-]=O)C(=O)OC(C)(C)C)sc1[C-]=O.[Li+].[Li+].[OH-].[OH-]. The monoisotopic (exact) mass is 388 g/mol. The summed E-state index contributed by atoms with van der Waals surface area (Å²) >= 11 is 1.20. The molecule has 0 saturated carbocycles. The molecule has 0 aromatic carbocycles. The number of thiophene rings is 1. The van der Waals surface area contributed by atoms with Crippen LogP contribution in [0.5, 0.6) is 5.75 Å². The summed E-state index contributed by atoms with van der Waals surface area (Å²) in [5.41, 5.74) is -0.637. The second-order valence-electron chi connectivity index (χ2n) is 5.58. The molecule has 0 aliphatic carbocycles. The van der Waals surface area contributed by atoms with Gasteiger partial charge in [-0.2, -0.15) is 11.3 Å². The Hall–Kier alpha value is -0.975. The number of anilines is 1. The summed E-state index contributed by atoms with van der Waals surface area (Å²) in [4.78, 5) is 34.9. The largest absolute Gasteiger partial charge is 1.00 e. The molecular weight excluding hydrogens is 366 g/mol. The van der Waals surface area contributed by atoms with Crippen molar-refractivity contribution in [2.75, 3.05) is 32.1 Å². The van der Waals surface area contributed by atoms with Gasteiger partial charge in [-0.25, -0.2) is 11.1 Å². The molecule has 1 aromatic heterocycles. The van der Waals surface area contributed by atoms with Crippen LogP contribution in [0, 0.1) is 0 Å². The number of ether oxygens (including phenoxy) is 2. The molecule has 12 heteroatoms. The number of methoxy groups -OCH3 is 1. The van der Waals surface area contributed by atoms with Crippen molar-refractivity contribution in [1.82, 2.24) is 4.90 Å². The molecule has 27 heavy (non-hydrogen) atoms. The standard InChI is InChI=1S/C15H20N2O5S.2Li.2H2O/c1-15(2,3)22-14(20)17(7-8-18)6-5-16-13-9-11(21-4)12(10-19)23-13;;;;/h9,16H,5-7H2,1-4H3;;;2*1H2/q-2;2*+1;;/p-2. The van der Waals surface area contributed by atoms with Gasteiger partial charge >= 0.3 is 43.8 Å². The van der Waals surface area contributed by atoms with Gasteiger partial charge in [0.15, 0.2) is 0 Å². The average molecular weight is 388 g/mol. The number of carbonyl (C=O) groups excluding carboxylic acids is 3. The third kappa shape index (κ3) is 12.2. The zero-order valence-electron chi connectivity index (χ0n) is 16.5. The van der Waals surface area contributed by atoms with E-state index in [1.165, 1.54) is 23.3 Å². The molecule has 0 aliphatic rings. The number of nitrogens with one attached hydrogen (secondary N) is 1. The normalized spacial score (nSPS) is 9.19. The van der Waals surface area contributed by atoms with Gasteiger partial charge in [-0.05, 0) is 26.5 Å². The van der Waals surface area contributed by atoms with E-state index in [4.69, 9.17) is 9.47 Å². The Kier molecular flexibility index (Phi) is 19.9. The van der Waals surface area contributed by atoms with Crippen molar-refractivity contribution < 1.29 is 72.5 Å². The molecule has 9 nitrogen and oxygen atoms in total. The molecule has 1 amide bonds. The fraction of sp³-hybridized carbons (Fsp3) is 0.533. The molecule has 0 atom stereocenters. The van der Waals surface area contributed by atoms with E-state index in [0.717, 1.165) is 0 Å². The van der Waals surface area contributed by atoms with Gasteiger partial charge in [0.2, 0.25) is 0 Å². The van der Waals surface area contributed by atoms with Crippen LogP contribution in [0.1, 0.15) is 25.6 Å². The molecule has 0 radical (unpaired) electrons. The van der Waals surface area contributed by atoms with Gasteiger partial charge in [-0.1, -0.05) is 17.5 Å². The van der Waals surface area contributed by atoms with Crippen molar-refractivity contribution in [2.24, 2.45) is 0 Å². The minimum atomic E-state index is -0.637. The van der Waals surface area contributed by atoms with E-state index in [-0.39, 0.29) is 61.8 Å². The number of rotatable bonds is 8. The summed E-state index contributed by atoms with van der Waals surface area (Å²) in [6, 6.07) is 1.68. The van der Waals surface area contributed by atoms with Crippen LogP contribution < -0.4 is 47.8 Å². The van der Waals surface area contributed by atoms with E-state index in [1.807, 2.05) is 0 Å². The van der Waals surface area contributed by atoms with E-state index < -0.39 is 11.7 Å². The molecule has 0 saturated heterocycles. The number of carbonyl (C=O) groups is 1. The van der Waals surface area contributed by atoms with Gasteiger partial charge in [0, 0.05) is 19.4 Å². The Morgan fingerprint density at radius 3 is 2.26 bits per heavy atom. The van der Waals surface area contributed by atoms with Crippen LogP contribution in [-0.2, 0) is 14.3 Å². The maximum atomic E-state index is 12.0. The first kappa shape index (κ1) is 33.6. The Morgan fingerprint density at radius 1 is 1.26 bits per heavy atom. The van der Waals surface area contributed by atoms with Crippen LogP contribution in [0.3, 0.4) is 0 Å². The Balaban J connectivity index is -0.000000661. The van der Waals surface area contributed by atoms with Gasteiger partial charge in [0.05, 0.1) is 12.1 Å². The summed E-state index contributed by atoms with van der Waals surface area (Å²) in [5.74, 6) is 0.442. The smallest absolute Gasteiger partial charge is 0.870 e. The second-order valence-corrected chi connectivity index (χ2v) is 6.64. The Bertz CT molecular complexity index is 565. The maximum Gasteiger partial charge on any atom is 1.00 e. The molecule has 0 aliphatic heterocycles. The minimum absolute atomic E-state index is 0. The van der Waals surface area contributed by atoms with Crippen molar-refractivity contribution in [1.29, 1.82) is 0 Å². The molecule has 1 aromatic rings. The van der Waals surface area contributed by atoms with Crippen molar-refractivity contribution in [3.63, 3.8) is 0 Å². The third-order valence-corrected chi connectivity index (χ3v) is 3.57. The first-order valence-corrected chi connectivity index (χ1v) is 7.75. The fourth-order valence-corrected chi connectivity index (χ4v) is 2.48. The number of amides is 1. The first-order chi connectivity index (χ1) is 10.8. The van der Waals surface area contributed by atoms with Gasteiger partial charge in [-0.3, -0.25) is 0 Å². The molecule has 0 bridgehead atoms. The van der Waals surface area contributed by atoms with E-state index in [2.05, 4.69) is 5.32 Å². The Labute approximate surface area is 187 Å². The predicted octanol–water partition coefficient (Wildman–Crippen LogP) is -4.37. The average Bonchev–Trinajstić information content (AvgIpc) is 2.87. The van der Waals surface area contributed by atoms with Crippen LogP contribution in [0.4, 0.5) is 9.80 Å². The van der Waals surface area contributed by atoms with Gasteiger partial charge < -0.3 is 40.2 Å². The van der Waals surface area contributed by atoms with E-state index in [0.29, 0.717) is 22.2 Å². The van der Waals surface area contributed by atoms with Crippen molar-refractivity contribution >= 4 is 35.0 Å². The van der Waals surface area contributed by atoms with E-state index in [1.54, 1.807) is 39.4 Å². The Morgan fingerprint density at radius 2 is 1.85 bits per heavy atom. The van der Waals surface area contributed by atoms with Crippen LogP contribution in [0.15, 0.2) is 6.07 Å². The maximum absolute atomic E-state index is 12.0. The summed E-state index contributed by atoms with van der Waals surface area (Å²) in [7, 11) is 1.47. The minimum Gasteiger partial charge on any atom is -0.870 e. The van der Waals surface area contributed by atoms with Crippen LogP contribution in [0.25, 0.3) is 0 Å². The summed E-state index contributed by atoms with van der Waals surface area (Å²) in [6.45, 7) is 5.72. The topological polar surface area (TPSA) is 145 Å². The second kappa shape index (κ2) is 16.0. The van der Waals surface area contributed by atoms with Gasteiger partial charge in [0.1, 0.15) is 5.60 Å². The van der Waals surface area contributed by atoms with Gasteiger partial charge in [-0.15, -0.1) is 0 Å². The molecule has 144 valence electrons. The summed E-state index contributed by atoms with van der Waals surface area (Å²) < 4.78 is 10.3. The number of nitrogens with zero attached hydrogens (tertiary/aromatic N) is 1. The van der Waals surface area contributed by atoms with E-state index in [9.17, 15) is 14.4 Å². The van der Waals surface area contributed by atoms with Gasteiger partial charge in [0.25, 0.3) is 0 Å². The van der Waals surface area contributed by atoms with Crippen molar-refractivity contribution in [3.05, 3.63) is 10.9 Å². The van der Waals surface area contributed by atoms with E-state index >= 15 is 0 Å². The molecular formula is C15H22Li2N2O7S-2. The number of hydrogen-bond acceptors (Lipinski definition) is 9. The molecule has 0 spiro atoms. The molecule has 3 N–H and O–H groups in total. The van der Waals surface area contributed by atoms with Crippen LogP contribution >= 0.6 is 11.3 Å². The van der Waals surface area contributed by atoms with Crippen molar-refractivity contribution in [2.45, 2.75) is 26.4 Å². The molecule has 0 unspecified atom stereocenters. The van der Waals surface area contributed by atoms with Crippen molar-refractivity contribution in [3.8, 4) is 5.75 Å². The summed E-state index contributed by atoms with van der Waals surface area (Å²) in [5, 5.41) is 3.77. The first-order valence-electron chi connectivity index (χ1n) is 6.93. The molecule has 0 fully saturated rings. The summed E-state index contributed by atoms with van der Waals surface area (Å²) in [6.07, 6.45) is 2.92. The molecule has 1 rings (SSSR count).